The van der Waals surface area contributed by atoms with Crippen molar-refractivity contribution in [1.29, 1.82) is 0 Å². The predicted molar refractivity (Wildman–Crippen MR) is 62.4 cm³/mol. The molecule has 0 radical (unpaired) electrons. The number of nitrogens with zero attached hydrogens (tertiary/aromatic N) is 1. The highest BCUT2D eigenvalue weighted by molar-refractivity contribution is 4.42. The summed E-state index contributed by atoms with van der Waals surface area (Å²) in [7, 11) is 3.81. The fourth-order valence-electron chi connectivity index (χ4n) is 0.405. The van der Waals surface area contributed by atoms with E-state index in [2.05, 4.69) is 32.7 Å². The van der Waals surface area contributed by atoms with Gasteiger partial charge in [0.2, 0.25) is 0 Å². The van der Waals surface area contributed by atoms with Gasteiger partial charge in [-0.15, -0.1) is 0 Å². The Morgan fingerprint density at radius 3 is 1.69 bits per heavy atom. The molecule has 0 aromatic heterocycles. The summed E-state index contributed by atoms with van der Waals surface area (Å²) in [5.74, 6) is 0. The molecule has 0 aliphatic heterocycles. The summed E-state index contributed by atoms with van der Waals surface area (Å²) in [5.41, 5.74) is 0. The average Bonchev–Trinajstić information content (AvgIpc) is 2.18. The Hall–Kier alpha value is -0.0800. The van der Waals surface area contributed by atoms with E-state index in [1.165, 1.54) is 6.42 Å². The van der Waals surface area contributed by atoms with Gasteiger partial charge in [-0.05, 0) is 13.6 Å². The maximum absolute atomic E-state index is 4.87. The van der Waals surface area contributed by atoms with Gasteiger partial charge in [-0.25, -0.2) is 0 Å². The van der Waals surface area contributed by atoms with Gasteiger partial charge in [0.05, 0.1) is 6.61 Å². The van der Waals surface area contributed by atoms with Gasteiger partial charge >= 0.3 is 0 Å². The van der Waals surface area contributed by atoms with E-state index in [9.17, 15) is 0 Å². The Morgan fingerprint density at radius 1 is 1.08 bits per heavy atom. The van der Waals surface area contributed by atoms with Crippen molar-refractivity contribution in [3.05, 3.63) is 0 Å². The lowest BCUT2D eigenvalue weighted by molar-refractivity contribution is 0.164. The Balaban J connectivity index is -0.000000169. The molecule has 0 saturated heterocycles. The molecule has 0 saturated carbocycles. The van der Waals surface area contributed by atoms with E-state index in [1.54, 1.807) is 7.11 Å². The lowest BCUT2D eigenvalue weighted by atomic mass is 10.5. The lowest BCUT2D eigenvalue weighted by Crippen LogP contribution is -2.21. The molecule has 0 amide bonds. The van der Waals surface area contributed by atoms with Gasteiger partial charge in [0.15, 0.2) is 0 Å². The Labute approximate surface area is 85.3 Å². The minimum atomic E-state index is 0.838. The Kier molecular flexibility index (Phi) is 32.5. The summed E-state index contributed by atoms with van der Waals surface area (Å²) in [6.45, 7) is 13.4. The maximum atomic E-state index is 4.87. The van der Waals surface area contributed by atoms with E-state index in [4.69, 9.17) is 4.74 Å². The maximum Gasteiger partial charge on any atom is 0.0589 e. The standard InChI is InChI=1S/C6H15NO.C3H8.C2H6/c1-4-7(2)5-6-8-3;1-3-2;1-2/h4-6H2,1-3H3;3H2,1-2H3;1-2H3. The zero-order chi connectivity index (χ0) is 11.1. The highest BCUT2D eigenvalue weighted by atomic mass is 16.5. The molecule has 0 spiro atoms. The quantitative estimate of drug-likeness (QED) is 0.677. The van der Waals surface area contributed by atoms with Crippen molar-refractivity contribution in [3.8, 4) is 0 Å². The van der Waals surface area contributed by atoms with Crippen LogP contribution in [0.2, 0.25) is 0 Å². The Bertz CT molecular complexity index is 58.1. The second kappa shape index (κ2) is 22.7. The number of rotatable bonds is 4. The molecule has 2 nitrogen and oxygen atoms in total. The van der Waals surface area contributed by atoms with Crippen LogP contribution in [0.1, 0.15) is 41.0 Å². The molecule has 0 fully saturated rings. The van der Waals surface area contributed by atoms with E-state index < -0.39 is 0 Å². The van der Waals surface area contributed by atoms with Crippen LogP contribution in [-0.2, 0) is 4.74 Å². The van der Waals surface area contributed by atoms with Crippen LogP contribution in [0.3, 0.4) is 0 Å². The summed E-state index contributed by atoms with van der Waals surface area (Å²) in [6, 6.07) is 0. The van der Waals surface area contributed by atoms with Crippen molar-refractivity contribution in [2.24, 2.45) is 0 Å². The van der Waals surface area contributed by atoms with Crippen LogP contribution in [0.4, 0.5) is 0 Å². The number of hydrogen-bond acceptors (Lipinski definition) is 2. The van der Waals surface area contributed by atoms with Crippen molar-refractivity contribution >= 4 is 0 Å². The third-order valence-corrected chi connectivity index (χ3v) is 1.22. The van der Waals surface area contributed by atoms with Gasteiger partial charge in [0.25, 0.3) is 0 Å². The molecular weight excluding hydrogens is 162 g/mol. The molecule has 0 atom stereocenters. The SMILES string of the molecule is CC.CCC.CCN(C)CCOC. The molecule has 0 N–H and O–H groups in total. The monoisotopic (exact) mass is 191 g/mol. The van der Waals surface area contributed by atoms with Gasteiger partial charge < -0.3 is 9.64 Å². The summed E-state index contributed by atoms with van der Waals surface area (Å²) < 4.78 is 4.87. The number of methoxy groups -OCH3 is 1. The zero-order valence-electron chi connectivity index (χ0n) is 10.7. The van der Waals surface area contributed by atoms with Crippen molar-refractivity contribution in [2.75, 3.05) is 33.9 Å². The minimum absolute atomic E-state index is 0.838. The highest BCUT2D eigenvalue weighted by Crippen LogP contribution is 1.78. The minimum Gasteiger partial charge on any atom is -0.383 e. The van der Waals surface area contributed by atoms with E-state index in [0.29, 0.717) is 0 Å². The Morgan fingerprint density at radius 2 is 1.46 bits per heavy atom. The molecule has 13 heavy (non-hydrogen) atoms. The average molecular weight is 191 g/mol. The van der Waals surface area contributed by atoms with Crippen LogP contribution >= 0.6 is 0 Å². The molecule has 0 aliphatic rings. The zero-order valence-corrected chi connectivity index (χ0v) is 10.7. The first-order valence-corrected chi connectivity index (χ1v) is 5.40. The summed E-state index contributed by atoms with van der Waals surface area (Å²) in [4.78, 5) is 2.21. The second-order valence-electron chi connectivity index (χ2n) is 2.60. The molecule has 0 aromatic carbocycles. The van der Waals surface area contributed by atoms with Gasteiger partial charge in [0.1, 0.15) is 0 Å². The molecule has 0 rings (SSSR count). The molecule has 84 valence electrons. The first-order valence-electron chi connectivity index (χ1n) is 5.40. The molecule has 0 bridgehead atoms. The van der Waals surface area contributed by atoms with Crippen LogP contribution in [0, 0.1) is 0 Å². The number of likely N-dealkylation sites (N-methyl/N-ethyl adjacent to an activating group) is 1. The van der Waals surface area contributed by atoms with Crippen LogP contribution in [0.5, 0.6) is 0 Å². The van der Waals surface area contributed by atoms with Crippen LogP contribution in [-0.4, -0.2) is 38.8 Å². The molecule has 0 aliphatic carbocycles. The molecule has 0 aromatic rings. The molecule has 0 unspecified atom stereocenters. The van der Waals surface area contributed by atoms with Crippen LogP contribution < -0.4 is 0 Å². The first-order chi connectivity index (χ1) is 6.22. The highest BCUT2D eigenvalue weighted by Gasteiger charge is 1.89. The van der Waals surface area contributed by atoms with E-state index in [-0.39, 0.29) is 0 Å². The fourth-order valence-corrected chi connectivity index (χ4v) is 0.405. The summed E-state index contributed by atoms with van der Waals surface area (Å²) in [6.07, 6.45) is 1.25. The van der Waals surface area contributed by atoms with Crippen molar-refractivity contribution in [1.82, 2.24) is 4.90 Å². The topological polar surface area (TPSA) is 12.5 Å². The normalized spacial score (nSPS) is 8.31. The largest absolute Gasteiger partial charge is 0.383 e. The van der Waals surface area contributed by atoms with Crippen molar-refractivity contribution < 1.29 is 4.74 Å². The van der Waals surface area contributed by atoms with Gasteiger partial charge in [-0.1, -0.05) is 41.0 Å². The van der Waals surface area contributed by atoms with Crippen LogP contribution in [0.15, 0.2) is 0 Å². The molecular formula is C11H29NO. The summed E-state index contributed by atoms with van der Waals surface area (Å²) >= 11 is 0. The molecule has 2 heteroatoms. The third kappa shape index (κ3) is 33.5. The molecule has 0 heterocycles. The van der Waals surface area contributed by atoms with Gasteiger partial charge in [0, 0.05) is 13.7 Å². The van der Waals surface area contributed by atoms with Gasteiger partial charge in [-0.3, -0.25) is 0 Å². The van der Waals surface area contributed by atoms with Gasteiger partial charge in [-0.2, -0.15) is 0 Å². The fraction of sp³-hybridized carbons (Fsp3) is 1.00. The van der Waals surface area contributed by atoms with E-state index in [1.807, 2.05) is 13.8 Å². The van der Waals surface area contributed by atoms with E-state index >= 15 is 0 Å². The van der Waals surface area contributed by atoms with E-state index in [0.717, 1.165) is 19.7 Å². The van der Waals surface area contributed by atoms with Crippen molar-refractivity contribution in [3.63, 3.8) is 0 Å². The van der Waals surface area contributed by atoms with Crippen molar-refractivity contribution in [2.45, 2.75) is 41.0 Å². The van der Waals surface area contributed by atoms with Crippen LogP contribution in [0.25, 0.3) is 0 Å². The lowest BCUT2D eigenvalue weighted by Gasteiger charge is -2.11. The first kappa shape index (κ1) is 18.7. The third-order valence-electron chi connectivity index (χ3n) is 1.22. The second-order valence-corrected chi connectivity index (χ2v) is 2.60. The number of hydrogen-bond donors (Lipinski definition) is 0. The smallest absolute Gasteiger partial charge is 0.0589 e. The number of ether oxygens (including phenoxy) is 1. The summed E-state index contributed by atoms with van der Waals surface area (Å²) in [5, 5.41) is 0. The predicted octanol–water partition coefficient (Wildman–Crippen LogP) is 3.03.